The van der Waals surface area contributed by atoms with Crippen molar-refractivity contribution in [3.8, 4) is 5.69 Å². The highest BCUT2D eigenvalue weighted by atomic mass is 19.4. The number of hydrogen-bond donors (Lipinski definition) is 0. The van der Waals surface area contributed by atoms with Gasteiger partial charge in [0.05, 0.1) is 16.5 Å². The molecule has 0 saturated carbocycles. The predicted octanol–water partition coefficient (Wildman–Crippen LogP) is 4.32. The van der Waals surface area contributed by atoms with Gasteiger partial charge < -0.3 is 9.90 Å². The lowest BCUT2D eigenvalue weighted by Crippen LogP contribution is -2.37. The van der Waals surface area contributed by atoms with Crippen LogP contribution in [0.1, 0.15) is 16.8 Å². The van der Waals surface area contributed by atoms with E-state index in [1.165, 1.54) is 38.9 Å². The van der Waals surface area contributed by atoms with Crippen LogP contribution in [0.5, 0.6) is 0 Å². The fraction of sp³-hybridized carbons (Fsp3) is 0.0400. The maximum absolute atomic E-state index is 10.5. The van der Waals surface area contributed by atoms with Gasteiger partial charge in [-0.25, -0.2) is 0 Å². The number of pyridine rings is 1. The third-order valence-corrected chi connectivity index (χ3v) is 4.91. The molecule has 5 rings (SSSR count). The van der Waals surface area contributed by atoms with Crippen LogP contribution in [0.3, 0.4) is 0 Å². The Balaban J connectivity index is 0.000000289. The number of fused-ring (bicyclic) bond motifs is 5. The highest BCUT2D eigenvalue weighted by Gasteiger charge is 2.33. The van der Waals surface area contributed by atoms with Crippen molar-refractivity contribution in [3.05, 3.63) is 108 Å². The monoisotopic (exact) mass is 419 g/mol. The quantitative estimate of drug-likeness (QED) is 0.380. The number of para-hydroxylation sites is 1. The molecule has 1 aliphatic rings. The predicted molar refractivity (Wildman–Crippen MR) is 110 cm³/mol. The molecule has 3 nitrogen and oxygen atoms in total. The van der Waals surface area contributed by atoms with Crippen molar-refractivity contribution in [2.75, 3.05) is 0 Å². The van der Waals surface area contributed by atoms with Crippen LogP contribution in [0.15, 0.2) is 91.1 Å². The summed E-state index contributed by atoms with van der Waals surface area (Å²) in [6.07, 6.45) is -0.716. The van der Waals surface area contributed by atoms with Crippen molar-refractivity contribution in [2.24, 2.45) is 0 Å². The van der Waals surface area contributed by atoms with E-state index in [1.807, 2.05) is 0 Å². The zero-order valence-electron chi connectivity index (χ0n) is 16.1. The molecule has 2 heterocycles. The van der Waals surface area contributed by atoms with Crippen LogP contribution in [-0.4, -0.2) is 12.1 Å². The fourth-order valence-electron chi connectivity index (χ4n) is 3.59. The summed E-state index contributed by atoms with van der Waals surface area (Å²) in [5.74, 6) is -3.01. The molecular formula is C25H16F3NO2. The number of carboxylic acids is 1. The van der Waals surface area contributed by atoms with E-state index in [-0.39, 0.29) is 0 Å². The van der Waals surface area contributed by atoms with Crippen molar-refractivity contribution in [3.63, 3.8) is 0 Å². The van der Waals surface area contributed by atoms with Gasteiger partial charge in [-0.05, 0) is 29.2 Å². The summed E-state index contributed by atoms with van der Waals surface area (Å²) in [4.78, 5) is 8.78. The van der Waals surface area contributed by atoms with Crippen molar-refractivity contribution in [1.82, 2.24) is 0 Å². The molecule has 3 aromatic carbocycles. The van der Waals surface area contributed by atoms with Crippen LogP contribution in [0, 0.1) is 0 Å². The number of carbonyl (C=O) groups is 1. The molecule has 1 aromatic heterocycles. The zero-order valence-corrected chi connectivity index (χ0v) is 16.1. The molecule has 0 N–H and O–H groups in total. The summed E-state index contributed by atoms with van der Waals surface area (Å²) in [6.45, 7) is 0. The number of halogens is 3. The molecule has 0 bridgehead atoms. The van der Waals surface area contributed by atoms with Gasteiger partial charge in [0.2, 0.25) is 11.4 Å². The lowest BCUT2D eigenvalue weighted by Gasteiger charge is -2.03. The first-order chi connectivity index (χ1) is 14.9. The molecule has 0 radical (unpaired) electrons. The molecule has 0 amide bonds. The van der Waals surface area contributed by atoms with E-state index in [4.69, 9.17) is 9.90 Å². The second kappa shape index (κ2) is 8.07. The molecule has 0 unspecified atom stereocenters. The largest absolute Gasteiger partial charge is 0.542 e. The average molecular weight is 419 g/mol. The Morgan fingerprint density at radius 3 is 2.16 bits per heavy atom. The topological polar surface area (TPSA) is 44.0 Å². The maximum atomic E-state index is 10.5. The zero-order chi connectivity index (χ0) is 22.0. The van der Waals surface area contributed by atoms with Crippen LogP contribution in [-0.2, 0) is 4.79 Å². The lowest BCUT2D eigenvalue weighted by molar-refractivity contribution is -0.592. The molecule has 31 heavy (non-hydrogen) atoms. The standard InChI is InChI=1S/C23H16N.C2HF3O2/c1-2-8-17(9-3-1)16-21-20-12-6-7-13-22(20)24-15-14-18-10-4-5-11-19(18)23(21)24;3-2(4,5)1(6)7/h1-16H;(H,6,7)/q+1;/p-1. The number of rotatable bonds is 1. The molecule has 154 valence electrons. The molecule has 0 fully saturated rings. The number of nitrogens with zero attached hydrogens (tertiary/aromatic N) is 1. The van der Waals surface area contributed by atoms with Crippen molar-refractivity contribution in [2.45, 2.75) is 6.18 Å². The molecule has 0 aliphatic carbocycles. The molecule has 0 atom stereocenters. The molecular weight excluding hydrogens is 403 g/mol. The van der Waals surface area contributed by atoms with E-state index in [0.29, 0.717) is 0 Å². The minimum absolute atomic E-state index is 1.23. The SMILES string of the molecule is C(=C1c2ccccc2-[n+]2ccc3ccccc3c21)c1ccccc1.O=C([O-])C(F)(F)F. The summed E-state index contributed by atoms with van der Waals surface area (Å²) in [5, 5.41) is 11.3. The first-order valence-electron chi connectivity index (χ1n) is 9.45. The first kappa shape index (κ1) is 20.3. The van der Waals surface area contributed by atoms with E-state index in [2.05, 4.69) is 102 Å². The number of aromatic nitrogens is 1. The normalized spacial score (nSPS) is 13.3. The van der Waals surface area contributed by atoms with Crippen LogP contribution in [0.4, 0.5) is 13.2 Å². The highest BCUT2D eigenvalue weighted by Crippen LogP contribution is 2.36. The second-order valence-electron chi connectivity index (χ2n) is 6.89. The smallest absolute Gasteiger partial charge is 0.430 e. The van der Waals surface area contributed by atoms with E-state index in [1.54, 1.807) is 0 Å². The Bertz CT molecular complexity index is 1300. The Morgan fingerprint density at radius 1 is 0.839 bits per heavy atom. The van der Waals surface area contributed by atoms with Gasteiger partial charge in [-0.15, -0.1) is 0 Å². The molecule has 0 spiro atoms. The molecule has 0 saturated heterocycles. The molecule has 4 aromatic rings. The molecule has 1 aliphatic heterocycles. The third kappa shape index (κ3) is 4.05. The van der Waals surface area contributed by atoms with Gasteiger partial charge in [0.15, 0.2) is 6.20 Å². The Morgan fingerprint density at radius 2 is 1.45 bits per heavy atom. The van der Waals surface area contributed by atoms with Gasteiger partial charge in [-0.1, -0.05) is 60.7 Å². The minimum Gasteiger partial charge on any atom is -0.542 e. The van der Waals surface area contributed by atoms with Crippen LogP contribution < -0.4 is 9.67 Å². The fourth-order valence-corrected chi connectivity index (χ4v) is 3.59. The maximum Gasteiger partial charge on any atom is 0.430 e. The lowest BCUT2D eigenvalue weighted by atomic mass is 9.98. The van der Waals surface area contributed by atoms with E-state index >= 15 is 0 Å². The van der Waals surface area contributed by atoms with Gasteiger partial charge in [0.1, 0.15) is 5.97 Å². The summed E-state index contributed by atoms with van der Waals surface area (Å²) in [7, 11) is 0. The number of alkyl halides is 3. The summed E-state index contributed by atoms with van der Waals surface area (Å²) >= 11 is 0. The number of carbonyl (C=O) groups excluding carboxylic acids is 1. The van der Waals surface area contributed by atoms with Gasteiger partial charge in [0, 0.05) is 12.1 Å². The number of aliphatic carboxylic acids is 1. The Kier molecular flexibility index (Phi) is 5.29. The number of hydrogen-bond acceptors (Lipinski definition) is 2. The Labute approximate surface area is 176 Å². The van der Waals surface area contributed by atoms with Gasteiger partial charge in [-0.2, -0.15) is 17.7 Å². The summed E-state index contributed by atoms with van der Waals surface area (Å²) < 4.78 is 33.9. The van der Waals surface area contributed by atoms with Gasteiger partial charge in [0.25, 0.3) is 0 Å². The van der Waals surface area contributed by atoms with E-state index in [9.17, 15) is 13.2 Å². The average Bonchev–Trinajstić information content (AvgIpc) is 3.08. The minimum atomic E-state index is -5.19. The van der Waals surface area contributed by atoms with Crippen LogP contribution in [0.25, 0.3) is 28.1 Å². The first-order valence-corrected chi connectivity index (χ1v) is 9.45. The van der Waals surface area contributed by atoms with Crippen molar-refractivity contribution in [1.29, 1.82) is 0 Å². The Hall–Kier alpha value is -3.93. The summed E-state index contributed by atoms with van der Waals surface area (Å²) in [5.41, 5.74) is 6.33. The second-order valence-corrected chi connectivity index (χ2v) is 6.89. The summed E-state index contributed by atoms with van der Waals surface area (Å²) in [6, 6.07) is 30.0. The number of benzene rings is 3. The molecule has 6 heteroatoms. The van der Waals surface area contributed by atoms with Crippen molar-refractivity contribution >= 4 is 28.4 Å². The van der Waals surface area contributed by atoms with Crippen molar-refractivity contribution < 1.29 is 27.6 Å². The van der Waals surface area contributed by atoms with E-state index in [0.717, 1.165) is 0 Å². The van der Waals surface area contributed by atoms with E-state index < -0.39 is 12.1 Å². The highest BCUT2D eigenvalue weighted by molar-refractivity contribution is 6.02. The number of carboxylic acid groups (broad SMARTS) is 1. The van der Waals surface area contributed by atoms with Gasteiger partial charge in [-0.3, -0.25) is 0 Å². The van der Waals surface area contributed by atoms with Crippen LogP contribution in [0.2, 0.25) is 0 Å². The third-order valence-electron chi connectivity index (χ3n) is 4.91. The van der Waals surface area contributed by atoms with Crippen LogP contribution >= 0.6 is 0 Å². The van der Waals surface area contributed by atoms with Gasteiger partial charge >= 0.3 is 6.18 Å².